The zero-order valence-corrected chi connectivity index (χ0v) is 8.89. The molecule has 1 N–H and O–H groups in total. The van der Waals surface area contributed by atoms with E-state index in [4.69, 9.17) is 0 Å². The second kappa shape index (κ2) is 3.74. The molecule has 0 bridgehead atoms. The third-order valence-corrected chi connectivity index (χ3v) is 3.31. The summed E-state index contributed by atoms with van der Waals surface area (Å²) in [5, 5.41) is 3.20. The fraction of sp³-hybridized carbons (Fsp3) is 0.667. The van der Waals surface area contributed by atoms with E-state index in [0.29, 0.717) is 0 Å². The Balaban J connectivity index is 2.19. The van der Waals surface area contributed by atoms with E-state index in [1.807, 2.05) is 23.4 Å². The van der Waals surface area contributed by atoms with Crippen LogP contribution in [0.4, 0.5) is 0 Å². The van der Waals surface area contributed by atoms with E-state index in [2.05, 4.69) is 16.7 Å². The lowest BCUT2D eigenvalue weighted by Gasteiger charge is -2.14. The second-order valence-electron chi connectivity index (χ2n) is 3.39. The Morgan fingerprint density at radius 3 is 3.23 bits per heavy atom. The van der Waals surface area contributed by atoms with Gasteiger partial charge in [-0.1, -0.05) is 5.06 Å². The van der Waals surface area contributed by atoms with E-state index >= 15 is 0 Å². The van der Waals surface area contributed by atoms with Gasteiger partial charge in [-0.2, -0.15) is 0 Å². The number of aryl methyl sites for hydroxylation is 2. The summed E-state index contributed by atoms with van der Waals surface area (Å²) in [5.74, 6) is 0. The summed E-state index contributed by atoms with van der Waals surface area (Å²) in [5.41, 5.74) is 1.19. The van der Waals surface area contributed by atoms with E-state index in [-0.39, 0.29) is 0 Å². The summed E-state index contributed by atoms with van der Waals surface area (Å²) in [6.07, 6.45) is 2.36. The summed E-state index contributed by atoms with van der Waals surface area (Å²) >= 11 is 1.82. The Bertz CT molecular complexity index is 298. The largest absolute Gasteiger partial charge is 0.322 e. The zero-order valence-electron chi connectivity index (χ0n) is 8.08. The first-order chi connectivity index (χ1) is 6.25. The summed E-state index contributed by atoms with van der Waals surface area (Å²) in [6.45, 7) is 3.89. The average molecular weight is 199 g/mol. The summed E-state index contributed by atoms with van der Waals surface area (Å²) in [6, 6.07) is 0. The molecule has 0 saturated heterocycles. The van der Waals surface area contributed by atoms with Crippen molar-refractivity contribution in [1.82, 2.24) is 10.0 Å². The number of hydroxylamine groups is 2. The molecule has 1 aromatic heterocycles. The number of thiazole rings is 1. The predicted octanol–water partition coefficient (Wildman–Crippen LogP) is 1.27. The number of aromatic nitrogens is 1. The molecular formula is C9H15N2OS+. The van der Waals surface area contributed by atoms with Crippen LogP contribution in [0.25, 0.3) is 0 Å². The zero-order chi connectivity index (χ0) is 9.26. The van der Waals surface area contributed by atoms with Gasteiger partial charge in [-0.05, 0) is 19.8 Å². The number of hydrogen-bond donors (Lipinski definition) is 0. The van der Waals surface area contributed by atoms with Gasteiger partial charge in [0.15, 0.2) is 0 Å². The predicted molar refractivity (Wildman–Crippen MR) is 53.7 cm³/mol. The molecular weight excluding hydrogens is 184 g/mol. The van der Waals surface area contributed by atoms with Gasteiger partial charge >= 0.3 is 0 Å². The Hall–Kier alpha value is -0.450. The highest BCUT2D eigenvalue weighted by atomic mass is 32.1. The van der Waals surface area contributed by atoms with Gasteiger partial charge in [0.05, 0.1) is 18.6 Å². The average Bonchev–Trinajstić information content (AvgIpc) is 2.40. The molecule has 3 nitrogen and oxygen atoms in total. The first-order valence-corrected chi connectivity index (χ1v) is 5.41. The molecule has 2 rings (SSSR count). The van der Waals surface area contributed by atoms with Gasteiger partial charge in [0.25, 0.3) is 0 Å². The number of fused-ring (bicyclic) bond motifs is 1. The standard InChI is InChI=1S/C9H14N2OS/c1-7-10-8-6-12-11(2)5-3-4-9(8)13-7/h3-6H2,1-2H3/p+1. The maximum Gasteiger partial charge on any atom is 0.211 e. The van der Waals surface area contributed by atoms with Crippen molar-refractivity contribution in [2.75, 3.05) is 13.6 Å². The Morgan fingerprint density at radius 1 is 1.54 bits per heavy atom. The lowest BCUT2D eigenvalue weighted by atomic mass is 10.2. The van der Waals surface area contributed by atoms with Crippen LogP contribution in [0, 0.1) is 6.92 Å². The number of aliphatic hydroxyl groups is 1. The molecule has 0 radical (unpaired) electrons. The normalized spacial score (nSPS) is 19.2. The third-order valence-electron chi connectivity index (χ3n) is 2.23. The number of rotatable bonds is 0. The fourth-order valence-electron chi connectivity index (χ4n) is 1.56. The maximum atomic E-state index is 4.49. The number of nitrogens with zero attached hydrogens (tertiary/aromatic N) is 2. The molecule has 72 valence electrons. The first-order valence-electron chi connectivity index (χ1n) is 4.59. The maximum absolute atomic E-state index is 4.49. The van der Waals surface area contributed by atoms with Gasteiger partial charge < -0.3 is 4.84 Å². The Morgan fingerprint density at radius 2 is 2.38 bits per heavy atom. The van der Waals surface area contributed by atoms with Gasteiger partial charge in [0.2, 0.25) is 6.61 Å². The summed E-state index contributed by atoms with van der Waals surface area (Å²) in [4.78, 5) is 10.3. The molecule has 0 atom stereocenters. The van der Waals surface area contributed by atoms with Crippen molar-refractivity contribution in [2.24, 2.45) is 0 Å². The van der Waals surface area contributed by atoms with Crippen molar-refractivity contribution in [3.63, 3.8) is 0 Å². The van der Waals surface area contributed by atoms with Crippen LogP contribution >= 0.6 is 11.3 Å². The quantitative estimate of drug-likeness (QED) is 0.589. The molecule has 0 aromatic carbocycles. The molecule has 0 fully saturated rings. The van der Waals surface area contributed by atoms with E-state index in [1.165, 1.54) is 28.4 Å². The van der Waals surface area contributed by atoms with Crippen LogP contribution < -0.4 is 0 Å². The van der Waals surface area contributed by atoms with E-state index in [0.717, 1.165) is 13.2 Å². The lowest BCUT2D eigenvalue weighted by Crippen LogP contribution is -2.26. The topological polar surface area (TPSA) is 28.9 Å². The Labute approximate surface area is 82.3 Å². The van der Waals surface area contributed by atoms with Crippen molar-refractivity contribution >= 4 is 11.3 Å². The molecule has 2 heterocycles. The molecule has 0 saturated carbocycles. The van der Waals surface area contributed by atoms with Crippen LogP contribution in [-0.4, -0.2) is 28.5 Å². The van der Waals surface area contributed by atoms with Gasteiger partial charge in [0.1, 0.15) is 5.69 Å². The lowest BCUT2D eigenvalue weighted by molar-refractivity contribution is -0.288. The number of hydrogen-bond acceptors (Lipinski definition) is 3. The van der Waals surface area contributed by atoms with E-state index < -0.39 is 0 Å². The molecule has 1 aromatic rings. The SMILES string of the molecule is Cc1nc2c(s1)CCCN(C)[OH+]C2. The highest BCUT2D eigenvalue weighted by Gasteiger charge is 2.16. The van der Waals surface area contributed by atoms with Crippen molar-refractivity contribution in [3.05, 3.63) is 15.6 Å². The van der Waals surface area contributed by atoms with Crippen LogP contribution in [0.15, 0.2) is 0 Å². The van der Waals surface area contributed by atoms with E-state index in [1.54, 1.807) is 0 Å². The highest BCUT2D eigenvalue weighted by molar-refractivity contribution is 7.11. The smallest absolute Gasteiger partial charge is 0.211 e. The molecule has 1 aliphatic heterocycles. The van der Waals surface area contributed by atoms with Crippen LogP contribution in [0.5, 0.6) is 0 Å². The van der Waals surface area contributed by atoms with Gasteiger partial charge in [-0.3, -0.25) is 0 Å². The molecule has 13 heavy (non-hydrogen) atoms. The molecule has 0 unspecified atom stereocenters. The second-order valence-corrected chi connectivity index (χ2v) is 4.67. The van der Waals surface area contributed by atoms with Crippen LogP contribution in [0.1, 0.15) is 22.0 Å². The van der Waals surface area contributed by atoms with Crippen molar-refractivity contribution in [2.45, 2.75) is 26.4 Å². The molecule has 4 heteroatoms. The molecule has 0 aliphatic carbocycles. The van der Waals surface area contributed by atoms with Crippen LogP contribution in [-0.2, 0) is 13.0 Å². The van der Waals surface area contributed by atoms with Gasteiger partial charge in [-0.25, -0.2) is 4.98 Å². The van der Waals surface area contributed by atoms with Crippen molar-refractivity contribution < 1.29 is 4.84 Å². The van der Waals surface area contributed by atoms with Gasteiger partial charge in [0, 0.05) is 4.88 Å². The molecule has 0 amide bonds. The Kier molecular flexibility index (Phi) is 2.62. The van der Waals surface area contributed by atoms with Crippen molar-refractivity contribution in [3.8, 4) is 0 Å². The van der Waals surface area contributed by atoms with Crippen LogP contribution in [0.2, 0.25) is 0 Å². The van der Waals surface area contributed by atoms with Gasteiger partial charge in [-0.15, -0.1) is 11.3 Å². The van der Waals surface area contributed by atoms with E-state index in [9.17, 15) is 0 Å². The highest BCUT2D eigenvalue weighted by Crippen LogP contribution is 2.21. The molecule has 1 aliphatic rings. The minimum atomic E-state index is 0.760. The third kappa shape index (κ3) is 2.07. The summed E-state index contributed by atoms with van der Waals surface area (Å²) < 4.78 is 0. The minimum absolute atomic E-state index is 0.760. The monoisotopic (exact) mass is 199 g/mol. The van der Waals surface area contributed by atoms with Crippen LogP contribution in [0.3, 0.4) is 0 Å². The van der Waals surface area contributed by atoms with Crippen molar-refractivity contribution in [1.29, 1.82) is 0 Å². The fourth-order valence-corrected chi connectivity index (χ4v) is 2.54. The summed E-state index contributed by atoms with van der Waals surface area (Å²) in [7, 11) is 2.03. The minimum Gasteiger partial charge on any atom is -0.322 e. The first kappa shape index (κ1) is 9.12. The molecule has 0 spiro atoms.